The van der Waals surface area contributed by atoms with Gasteiger partial charge in [-0.25, -0.2) is 0 Å². The summed E-state index contributed by atoms with van der Waals surface area (Å²) in [7, 11) is 1.66. The van der Waals surface area contributed by atoms with Crippen molar-refractivity contribution in [3.63, 3.8) is 0 Å². The number of methoxy groups -OCH3 is 1. The molecular formula is C26H39N5O3. The molecule has 1 aliphatic rings. The summed E-state index contributed by atoms with van der Waals surface area (Å²) in [6.45, 7) is 10.6. The van der Waals surface area contributed by atoms with Crippen LogP contribution in [0.15, 0.2) is 30.5 Å². The van der Waals surface area contributed by atoms with E-state index in [9.17, 15) is 9.59 Å². The molecule has 2 unspecified atom stereocenters. The van der Waals surface area contributed by atoms with E-state index in [-0.39, 0.29) is 30.3 Å². The molecule has 2 amide bonds. The first-order chi connectivity index (χ1) is 16.1. The SMILES string of the molecule is CCC(C)[C@@H](N)C(=O)N1CC(=O)N(CCCC(C)Nc2cc(OC)cc3cccnc23)C1(C)C. The first-order valence-corrected chi connectivity index (χ1v) is 12.2. The highest BCUT2D eigenvalue weighted by Crippen LogP contribution is 2.30. The van der Waals surface area contributed by atoms with E-state index in [4.69, 9.17) is 10.5 Å². The Kier molecular flexibility index (Phi) is 8.02. The summed E-state index contributed by atoms with van der Waals surface area (Å²) < 4.78 is 5.44. The predicted molar refractivity (Wildman–Crippen MR) is 136 cm³/mol. The maximum atomic E-state index is 13.0. The highest BCUT2D eigenvalue weighted by Gasteiger charge is 2.47. The number of nitrogens with one attached hydrogen (secondary N) is 1. The summed E-state index contributed by atoms with van der Waals surface area (Å²) in [6.07, 6.45) is 4.26. The molecule has 1 fully saturated rings. The molecule has 1 aliphatic heterocycles. The number of nitrogens with two attached hydrogens (primary N) is 1. The number of carbonyl (C=O) groups excluding carboxylic acids is 2. The summed E-state index contributed by atoms with van der Waals surface area (Å²) in [4.78, 5) is 33.8. The van der Waals surface area contributed by atoms with Gasteiger partial charge in [-0.15, -0.1) is 0 Å². The van der Waals surface area contributed by atoms with Gasteiger partial charge in [0.2, 0.25) is 11.8 Å². The summed E-state index contributed by atoms with van der Waals surface area (Å²) >= 11 is 0. The number of benzene rings is 1. The van der Waals surface area contributed by atoms with E-state index in [1.54, 1.807) is 18.2 Å². The van der Waals surface area contributed by atoms with Crippen molar-refractivity contribution in [2.24, 2.45) is 11.7 Å². The average Bonchev–Trinajstić information content (AvgIpc) is 3.05. The summed E-state index contributed by atoms with van der Waals surface area (Å²) in [5, 5.41) is 4.57. The van der Waals surface area contributed by atoms with Crippen LogP contribution in [0.25, 0.3) is 10.9 Å². The Morgan fingerprint density at radius 1 is 1.32 bits per heavy atom. The second-order valence-corrected chi connectivity index (χ2v) is 9.81. The largest absolute Gasteiger partial charge is 0.497 e. The molecule has 1 saturated heterocycles. The van der Waals surface area contributed by atoms with Crippen molar-refractivity contribution in [1.29, 1.82) is 0 Å². The van der Waals surface area contributed by atoms with Crippen LogP contribution in [0.4, 0.5) is 5.69 Å². The number of anilines is 1. The first-order valence-electron chi connectivity index (χ1n) is 12.2. The van der Waals surface area contributed by atoms with E-state index in [0.717, 1.165) is 41.6 Å². The lowest BCUT2D eigenvalue weighted by molar-refractivity contribution is -0.140. The third-order valence-electron chi connectivity index (χ3n) is 7.06. The smallest absolute Gasteiger partial charge is 0.244 e. The molecule has 8 nitrogen and oxygen atoms in total. The monoisotopic (exact) mass is 469 g/mol. The van der Waals surface area contributed by atoms with Gasteiger partial charge in [0, 0.05) is 30.2 Å². The highest BCUT2D eigenvalue weighted by molar-refractivity contribution is 5.92. The van der Waals surface area contributed by atoms with Gasteiger partial charge in [-0.2, -0.15) is 0 Å². The summed E-state index contributed by atoms with van der Waals surface area (Å²) in [6, 6.07) is 7.43. The molecule has 0 radical (unpaired) electrons. The average molecular weight is 470 g/mol. The Balaban J connectivity index is 1.61. The second kappa shape index (κ2) is 10.6. The van der Waals surface area contributed by atoms with Crippen molar-refractivity contribution in [3.8, 4) is 5.75 Å². The zero-order valence-electron chi connectivity index (χ0n) is 21.3. The molecule has 3 N–H and O–H groups in total. The number of rotatable bonds is 10. The van der Waals surface area contributed by atoms with E-state index < -0.39 is 11.7 Å². The van der Waals surface area contributed by atoms with Gasteiger partial charge in [-0.05, 0) is 51.7 Å². The van der Waals surface area contributed by atoms with Gasteiger partial charge in [-0.1, -0.05) is 26.3 Å². The molecule has 0 bridgehead atoms. The number of pyridine rings is 1. The zero-order chi connectivity index (χ0) is 25.0. The van der Waals surface area contributed by atoms with Crippen LogP contribution in [0.2, 0.25) is 0 Å². The quantitative estimate of drug-likeness (QED) is 0.551. The van der Waals surface area contributed by atoms with E-state index in [1.807, 2.05) is 56.9 Å². The molecule has 0 spiro atoms. The number of nitrogens with zero attached hydrogens (tertiary/aromatic N) is 3. The maximum Gasteiger partial charge on any atom is 0.244 e. The van der Waals surface area contributed by atoms with E-state index in [1.165, 1.54) is 0 Å². The van der Waals surface area contributed by atoms with Crippen molar-refractivity contribution in [2.45, 2.75) is 71.6 Å². The van der Waals surface area contributed by atoms with Crippen LogP contribution < -0.4 is 15.8 Å². The molecule has 2 aromatic rings. The van der Waals surface area contributed by atoms with Crippen LogP contribution in [0, 0.1) is 5.92 Å². The number of hydrogen-bond donors (Lipinski definition) is 2. The van der Waals surface area contributed by atoms with Gasteiger partial charge in [0.15, 0.2) is 0 Å². The Morgan fingerprint density at radius 2 is 2.06 bits per heavy atom. The Labute approximate surface area is 202 Å². The zero-order valence-corrected chi connectivity index (χ0v) is 21.3. The van der Waals surface area contributed by atoms with Crippen LogP contribution in [0.3, 0.4) is 0 Å². The molecule has 1 aromatic heterocycles. The van der Waals surface area contributed by atoms with Crippen LogP contribution in [0.1, 0.15) is 53.9 Å². The topological polar surface area (TPSA) is 101 Å². The van der Waals surface area contributed by atoms with Crippen LogP contribution in [-0.2, 0) is 9.59 Å². The lowest BCUT2D eigenvalue weighted by atomic mass is 9.98. The first kappa shape index (κ1) is 25.7. The summed E-state index contributed by atoms with van der Waals surface area (Å²) in [5.74, 6) is 0.669. The minimum absolute atomic E-state index is 0.0293. The fourth-order valence-corrected chi connectivity index (χ4v) is 4.57. The Bertz CT molecular complexity index is 1020. The van der Waals surface area contributed by atoms with Gasteiger partial charge < -0.3 is 25.6 Å². The molecule has 1 aromatic carbocycles. The van der Waals surface area contributed by atoms with Crippen molar-refractivity contribution in [1.82, 2.24) is 14.8 Å². The van der Waals surface area contributed by atoms with Gasteiger partial charge in [0.05, 0.1) is 24.4 Å². The van der Waals surface area contributed by atoms with Gasteiger partial charge >= 0.3 is 0 Å². The van der Waals surface area contributed by atoms with Crippen molar-refractivity contribution < 1.29 is 14.3 Å². The predicted octanol–water partition coefficient (Wildman–Crippen LogP) is 3.60. The molecule has 0 aliphatic carbocycles. The molecule has 34 heavy (non-hydrogen) atoms. The molecule has 186 valence electrons. The third kappa shape index (κ3) is 5.27. The normalized spacial score (nSPS) is 18.1. The molecule has 8 heteroatoms. The Hall–Kier alpha value is -2.87. The number of hydrogen-bond acceptors (Lipinski definition) is 6. The standard InChI is InChI=1S/C26H39N5O3/c1-7-17(2)23(27)25(33)31-16-22(32)30(26(31,4)5)13-9-10-18(3)29-21-15-20(34-6)14-19-11-8-12-28-24(19)21/h8,11-12,14-15,17-18,23,29H,7,9-10,13,16,27H2,1-6H3/t17?,18?,23-/m1/s1. The lowest BCUT2D eigenvalue weighted by Gasteiger charge is -2.39. The second-order valence-electron chi connectivity index (χ2n) is 9.81. The minimum Gasteiger partial charge on any atom is -0.497 e. The summed E-state index contributed by atoms with van der Waals surface area (Å²) in [5.41, 5.74) is 7.33. The van der Waals surface area contributed by atoms with Crippen LogP contribution >= 0.6 is 0 Å². The number of ether oxygens (including phenoxy) is 1. The van der Waals surface area contributed by atoms with Crippen molar-refractivity contribution in [2.75, 3.05) is 25.5 Å². The van der Waals surface area contributed by atoms with Gasteiger partial charge in [0.1, 0.15) is 18.0 Å². The molecule has 3 rings (SSSR count). The number of carbonyl (C=O) groups is 2. The Morgan fingerprint density at radius 3 is 2.74 bits per heavy atom. The fourth-order valence-electron chi connectivity index (χ4n) is 4.57. The third-order valence-corrected chi connectivity index (χ3v) is 7.06. The van der Waals surface area contributed by atoms with Crippen LogP contribution in [0.5, 0.6) is 5.75 Å². The van der Waals surface area contributed by atoms with Crippen molar-refractivity contribution >= 4 is 28.4 Å². The van der Waals surface area contributed by atoms with Crippen molar-refractivity contribution in [3.05, 3.63) is 30.5 Å². The fraction of sp³-hybridized carbons (Fsp3) is 0.577. The molecule has 2 heterocycles. The van der Waals surface area contributed by atoms with Gasteiger partial charge in [-0.3, -0.25) is 14.6 Å². The number of fused-ring (bicyclic) bond motifs is 1. The van der Waals surface area contributed by atoms with E-state index in [2.05, 4.69) is 17.2 Å². The molecule has 0 saturated carbocycles. The number of aromatic nitrogens is 1. The molecular weight excluding hydrogens is 430 g/mol. The highest BCUT2D eigenvalue weighted by atomic mass is 16.5. The molecule has 3 atom stereocenters. The lowest BCUT2D eigenvalue weighted by Crippen LogP contribution is -2.56. The van der Waals surface area contributed by atoms with Crippen LogP contribution in [-0.4, -0.2) is 64.5 Å². The minimum atomic E-state index is -0.692. The van der Waals surface area contributed by atoms with E-state index >= 15 is 0 Å². The van der Waals surface area contributed by atoms with E-state index in [0.29, 0.717) is 6.54 Å². The van der Waals surface area contributed by atoms with Gasteiger partial charge in [0.25, 0.3) is 0 Å². The maximum absolute atomic E-state index is 13.0. The number of amides is 2.